The Labute approximate surface area is 177 Å². The van der Waals surface area contributed by atoms with Gasteiger partial charge in [0, 0.05) is 11.8 Å². The SMILES string of the molecule is Cc1cc(F)ccc1Oc1cc(C(F)(F)F)c(Cl)cc1C(=O)Nc1ccc(F)c(O)c1. The third-order valence-corrected chi connectivity index (χ3v) is 4.49. The van der Waals surface area contributed by atoms with Crippen LogP contribution in [0.4, 0.5) is 27.6 Å². The van der Waals surface area contributed by atoms with Gasteiger partial charge in [-0.2, -0.15) is 13.2 Å². The summed E-state index contributed by atoms with van der Waals surface area (Å²) in [4.78, 5) is 12.7. The van der Waals surface area contributed by atoms with Gasteiger partial charge >= 0.3 is 6.18 Å². The number of carbonyl (C=O) groups is 1. The van der Waals surface area contributed by atoms with Gasteiger partial charge in [-0.1, -0.05) is 11.6 Å². The molecule has 0 heterocycles. The largest absolute Gasteiger partial charge is 0.505 e. The Bertz CT molecular complexity index is 1160. The van der Waals surface area contributed by atoms with Gasteiger partial charge in [0.05, 0.1) is 16.1 Å². The Kier molecular flexibility index (Phi) is 6.08. The molecule has 31 heavy (non-hydrogen) atoms. The lowest BCUT2D eigenvalue weighted by Crippen LogP contribution is -2.15. The number of phenols is 1. The second kappa shape index (κ2) is 8.43. The Balaban J connectivity index is 2.05. The highest BCUT2D eigenvalue weighted by molar-refractivity contribution is 6.32. The van der Waals surface area contributed by atoms with E-state index in [1.807, 2.05) is 0 Å². The van der Waals surface area contributed by atoms with E-state index in [1.54, 1.807) is 0 Å². The fourth-order valence-electron chi connectivity index (χ4n) is 2.67. The Morgan fingerprint density at radius 3 is 2.35 bits per heavy atom. The van der Waals surface area contributed by atoms with Crippen molar-refractivity contribution in [3.05, 3.63) is 81.9 Å². The number of alkyl halides is 3. The van der Waals surface area contributed by atoms with Gasteiger partial charge in [-0.05, 0) is 55.0 Å². The standard InChI is InChI=1S/C21H13ClF5NO3/c1-10-6-11(23)2-5-18(10)31-19-9-14(21(25,26)27)15(22)8-13(19)20(30)28-12-3-4-16(24)17(29)7-12/h2-9,29H,1H3,(H,28,30). The second-order valence-corrected chi connectivity index (χ2v) is 6.87. The van der Waals surface area contributed by atoms with Gasteiger partial charge in [0.1, 0.15) is 17.3 Å². The average molecular weight is 458 g/mol. The highest BCUT2D eigenvalue weighted by Crippen LogP contribution is 2.40. The number of nitrogens with one attached hydrogen (secondary N) is 1. The number of amides is 1. The monoisotopic (exact) mass is 457 g/mol. The summed E-state index contributed by atoms with van der Waals surface area (Å²) in [5.41, 5.74) is -1.35. The molecule has 0 bridgehead atoms. The van der Waals surface area contributed by atoms with Crippen LogP contribution >= 0.6 is 11.6 Å². The van der Waals surface area contributed by atoms with E-state index in [2.05, 4.69) is 5.32 Å². The van der Waals surface area contributed by atoms with Gasteiger partial charge in [-0.25, -0.2) is 8.78 Å². The summed E-state index contributed by atoms with van der Waals surface area (Å²) in [7, 11) is 0. The molecular weight excluding hydrogens is 445 g/mol. The summed E-state index contributed by atoms with van der Waals surface area (Å²) >= 11 is 5.74. The van der Waals surface area contributed by atoms with Crippen LogP contribution < -0.4 is 10.1 Å². The van der Waals surface area contributed by atoms with E-state index in [4.69, 9.17) is 16.3 Å². The smallest absolute Gasteiger partial charge is 0.417 e. The quantitative estimate of drug-likeness (QED) is 0.429. The predicted octanol–water partition coefficient (Wildman–Crippen LogP) is 6.70. The van der Waals surface area contributed by atoms with Crippen molar-refractivity contribution >= 4 is 23.2 Å². The molecule has 162 valence electrons. The van der Waals surface area contributed by atoms with Crippen LogP contribution in [0.5, 0.6) is 17.2 Å². The Morgan fingerprint density at radius 2 is 1.74 bits per heavy atom. The number of halogens is 6. The van der Waals surface area contributed by atoms with Crippen LogP contribution in [0.2, 0.25) is 5.02 Å². The van der Waals surface area contributed by atoms with Crippen LogP contribution in [0.15, 0.2) is 48.5 Å². The first kappa shape index (κ1) is 22.4. The van der Waals surface area contributed by atoms with Gasteiger partial charge < -0.3 is 15.2 Å². The highest BCUT2D eigenvalue weighted by Gasteiger charge is 2.35. The summed E-state index contributed by atoms with van der Waals surface area (Å²) in [6, 6.07) is 7.64. The first-order chi connectivity index (χ1) is 14.5. The van der Waals surface area contributed by atoms with Crippen LogP contribution in [0.3, 0.4) is 0 Å². The number of rotatable bonds is 4. The van der Waals surface area contributed by atoms with Crippen molar-refractivity contribution in [3.8, 4) is 17.2 Å². The van der Waals surface area contributed by atoms with Gasteiger partial charge in [-0.15, -0.1) is 0 Å². The van der Waals surface area contributed by atoms with Crippen molar-refractivity contribution in [2.75, 3.05) is 5.32 Å². The Hall–Kier alpha value is -3.33. The van der Waals surface area contributed by atoms with E-state index in [0.717, 1.165) is 36.4 Å². The molecule has 0 aliphatic heterocycles. The lowest BCUT2D eigenvalue weighted by molar-refractivity contribution is -0.137. The minimum absolute atomic E-state index is 0.0188. The van der Waals surface area contributed by atoms with Crippen LogP contribution in [-0.2, 0) is 6.18 Å². The first-order valence-electron chi connectivity index (χ1n) is 8.60. The number of hydrogen-bond acceptors (Lipinski definition) is 3. The minimum atomic E-state index is -4.83. The molecule has 2 N–H and O–H groups in total. The molecule has 3 aromatic rings. The maximum absolute atomic E-state index is 13.3. The summed E-state index contributed by atoms with van der Waals surface area (Å²) in [6.07, 6.45) is -4.83. The molecule has 10 heteroatoms. The van der Waals surface area contributed by atoms with Gasteiger partial charge in [0.2, 0.25) is 0 Å². The number of phenolic OH excluding ortho intramolecular Hbond substituents is 1. The van der Waals surface area contributed by atoms with Gasteiger partial charge in [0.25, 0.3) is 5.91 Å². The number of anilines is 1. The summed E-state index contributed by atoms with van der Waals surface area (Å²) in [6.45, 7) is 1.47. The summed E-state index contributed by atoms with van der Waals surface area (Å²) in [5, 5.41) is 11.0. The second-order valence-electron chi connectivity index (χ2n) is 6.46. The predicted molar refractivity (Wildman–Crippen MR) is 104 cm³/mol. The number of aromatic hydroxyl groups is 1. The van der Waals surface area contributed by atoms with Crippen molar-refractivity contribution in [3.63, 3.8) is 0 Å². The van der Waals surface area contributed by atoms with Crippen LogP contribution in [0, 0.1) is 18.6 Å². The molecule has 0 spiro atoms. The zero-order valence-electron chi connectivity index (χ0n) is 15.7. The van der Waals surface area contributed by atoms with E-state index < -0.39 is 45.8 Å². The number of aryl methyl sites for hydroxylation is 1. The van der Waals surface area contributed by atoms with E-state index in [-0.39, 0.29) is 22.6 Å². The number of benzene rings is 3. The maximum atomic E-state index is 13.3. The van der Waals surface area contributed by atoms with Gasteiger partial charge in [-0.3, -0.25) is 4.79 Å². The lowest BCUT2D eigenvalue weighted by Gasteiger charge is -2.17. The number of ether oxygens (including phenoxy) is 1. The zero-order valence-corrected chi connectivity index (χ0v) is 16.4. The van der Waals surface area contributed by atoms with Gasteiger partial charge in [0.15, 0.2) is 11.6 Å². The fraction of sp³-hybridized carbons (Fsp3) is 0.0952. The third-order valence-electron chi connectivity index (χ3n) is 4.18. The van der Waals surface area contributed by atoms with Crippen LogP contribution in [0.1, 0.15) is 21.5 Å². The molecule has 0 radical (unpaired) electrons. The zero-order chi connectivity index (χ0) is 22.9. The lowest BCUT2D eigenvalue weighted by atomic mass is 10.1. The van der Waals surface area contributed by atoms with Crippen molar-refractivity contribution in [2.24, 2.45) is 0 Å². The molecule has 1 amide bonds. The summed E-state index contributed by atoms with van der Waals surface area (Å²) < 4.78 is 72.0. The topological polar surface area (TPSA) is 58.6 Å². The summed E-state index contributed by atoms with van der Waals surface area (Å²) in [5.74, 6) is -3.64. The molecule has 0 aliphatic rings. The molecule has 3 aromatic carbocycles. The van der Waals surface area contributed by atoms with Crippen molar-refractivity contribution < 1.29 is 36.6 Å². The Morgan fingerprint density at radius 1 is 1.03 bits per heavy atom. The van der Waals surface area contributed by atoms with Crippen molar-refractivity contribution in [2.45, 2.75) is 13.1 Å². The molecule has 0 aromatic heterocycles. The average Bonchev–Trinajstić information content (AvgIpc) is 2.67. The normalized spacial score (nSPS) is 11.3. The van der Waals surface area contributed by atoms with Crippen LogP contribution in [-0.4, -0.2) is 11.0 Å². The molecule has 3 rings (SSSR count). The van der Waals surface area contributed by atoms with Crippen molar-refractivity contribution in [1.82, 2.24) is 0 Å². The molecule has 0 saturated heterocycles. The number of carbonyl (C=O) groups excluding carboxylic acids is 1. The molecule has 0 unspecified atom stereocenters. The molecular formula is C21H13ClF5NO3. The van der Waals surface area contributed by atoms with Crippen molar-refractivity contribution in [1.29, 1.82) is 0 Å². The third kappa shape index (κ3) is 5.05. The van der Waals surface area contributed by atoms with E-state index >= 15 is 0 Å². The molecule has 0 aliphatic carbocycles. The maximum Gasteiger partial charge on any atom is 0.417 e. The van der Waals surface area contributed by atoms with E-state index in [9.17, 15) is 31.9 Å². The van der Waals surface area contributed by atoms with E-state index in [0.29, 0.717) is 6.07 Å². The first-order valence-corrected chi connectivity index (χ1v) is 8.98. The highest BCUT2D eigenvalue weighted by atomic mass is 35.5. The molecule has 0 atom stereocenters. The number of hydrogen-bond donors (Lipinski definition) is 2. The molecule has 0 saturated carbocycles. The van der Waals surface area contributed by atoms with E-state index in [1.165, 1.54) is 13.0 Å². The minimum Gasteiger partial charge on any atom is -0.505 e. The fourth-order valence-corrected chi connectivity index (χ4v) is 2.94. The molecule has 0 fully saturated rings. The van der Waals surface area contributed by atoms with Crippen LogP contribution in [0.25, 0.3) is 0 Å². The molecule has 4 nitrogen and oxygen atoms in total.